The summed E-state index contributed by atoms with van der Waals surface area (Å²) >= 11 is 6.27. The largest absolute Gasteiger partial charge is 0.388 e. The van der Waals surface area contributed by atoms with Crippen molar-refractivity contribution in [2.24, 2.45) is 5.41 Å². The number of rotatable bonds is 2. The fraction of sp³-hybridized carbons (Fsp3) is 0.444. The zero-order valence-corrected chi connectivity index (χ0v) is 12.7. The lowest BCUT2D eigenvalue weighted by molar-refractivity contribution is 0.00920. The van der Waals surface area contributed by atoms with Gasteiger partial charge in [-0.1, -0.05) is 68.1 Å². The van der Waals surface area contributed by atoms with Crippen LogP contribution in [0.5, 0.6) is 0 Å². The number of aliphatic hydroxyl groups excluding tert-OH is 1. The zero-order valence-electron chi connectivity index (χ0n) is 11.9. The Morgan fingerprint density at radius 1 is 1.00 bits per heavy atom. The molecule has 106 valence electrons. The molecular formula is C18H21ClO. The van der Waals surface area contributed by atoms with Crippen molar-refractivity contribution in [3.8, 4) is 0 Å². The van der Waals surface area contributed by atoms with E-state index in [0.717, 1.165) is 34.2 Å². The average Bonchev–Trinajstić information content (AvgIpc) is 2.48. The van der Waals surface area contributed by atoms with Crippen LogP contribution in [0.2, 0.25) is 5.02 Å². The lowest BCUT2D eigenvalue weighted by atomic mass is 9.69. The minimum Gasteiger partial charge on any atom is -0.388 e. The summed E-state index contributed by atoms with van der Waals surface area (Å²) in [6.45, 7) is 2.22. The van der Waals surface area contributed by atoms with Gasteiger partial charge in [-0.15, -0.1) is 0 Å². The predicted molar refractivity (Wildman–Crippen MR) is 85.1 cm³/mol. The average molecular weight is 289 g/mol. The number of hydrogen-bond donors (Lipinski definition) is 1. The Morgan fingerprint density at radius 2 is 1.65 bits per heavy atom. The van der Waals surface area contributed by atoms with Crippen molar-refractivity contribution in [1.29, 1.82) is 0 Å². The molecule has 20 heavy (non-hydrogen) atoms. The first kappa shape index (κ1) is 13.9. The van der Waals surface area contributed by atoms with Gasteiger partial charge >= 0.3 is 0 Å². The molecule has 2 aromatic rings. The summed E-state index contributed by atoms with van der Waals surface area (Å²) in [6, 6.07) is 12.0. The van der Waals surface area contributed by atoms with Gasteiger partial charge in [0.15, 0.2) is 0 Å². The minimum atomic E-state index is -0.412. The van der Waals surface area contributed by atoms with Crippen LogP contribution >= 0.6 is 11.6 Å². The summed E-state index contributed by atoms with van der Waals surface area (Å²) in [4.78, 5) is 0. The lowest BCUT2D eigenvalue weighted by Gasteiger charge is -2.38. The summed E-state index contributed by atoms with van der Waals surface area (Å²) < 4.78 is 0. The molecule has 0 aliphatic heterocycles. The van der Waals surface area contributed by atoms with E-state index >= 15 is 0 Å². The van der Waals surface area contributed by atoms with Crippen molar-refractivity contribution < 1.29 is 5.11 Å². The van der Waals surface area contributed by atoms with Crippen LogP contribution < -0.4 is 0 Å². The summed E-state index contributed by atoms with van der Waals surface area (Å²) in [6.07, 6.45) is 5.53. The van der Waals surface area contributed by atoms with Gasteiger partial charge in [0.2, 0.25) is 0 Å². The number of benzene rings is 2. The van der Waals surface area contributed by atoms with Gasteiger partial charge in [0.25, 0.3) is 0 Å². The Kier molecular flexibility index (Phi) is 3.74. The van der Waals surface area contributed by atoms with E-state index in [2.05, 4.69) is 13.0 Å². The van der Waals surface area contributed by atoms with E-state index in [1.54, 1.807) is 0 Å². The first-order valence-corrected chi connectivity index (χ1v) is 7.85. The van der Waals surface area contributed by atoms with Crippen LogP contribution in [0.4, 0.5) is 0 Å². The van der Waals surface area contributed by atoms with Crippen LogP contribution in [0, 0.1) is 5.41 Å². The molecule has 1 saturated carbocycles. The molecule has 1 unspecified atom stereocenters. The van der Waals surface area contributed by atoms with E-state index in [4.69, 9.17) is 11.6 Å². The van der Waals surface area contributed by atoms with Crippen molar-refractivity contribution in [2.75, 3.05) is 0 Å². The molecule has 2 heteroatoms. The van der Waals surface area contributed by atoms with Crippen LogP contribution in [0.15, 0.2) is 36.4 Å². The standard InChI is InChI=1S/C18H21ClO/c1-18(11-5-2-6-12-18)17(20)15-9-10-16(19)14-8-4-3-7-13(14)15/h3-4,7-10,17,20H,2,5-6,11-12H2,1H3. The van der Waals surface area contributed by atoms with Gasteiger partial charge in [-0.2, -0.15) is 0 Å². The van der Waals surface area contributed by atoms with Crippen LogP contribution in [-0.4, -0.2) is 5.11 Å². The second kappa shape index (κ2) is 5.38. The second-order valence-electron chi connectivity index (χ2n) is 6.30. The third kappa shape index (κ3) is 2.34. The molecule has 1 aliphatic rings. The molecule has 1 N–H and O–H groups in total. The fourth-order valence-electron chi connectivity index (χ4n) is 3.53. The molecule has 0 radical (unpaired) electrons. The van der Waals surface area contributed by atoms with Gasteiger partial charge in [-0.3, -0.25) is 0 Å². The van der Waals surface area contributed by atoms with Gasteiger partial charge in [-0.05, 0) is 35.3 Å². The second-order valence-corrected chi connectivity index (χ2v) is 6.71. The zero-order chi connectivity index (χ0) is 14.2. The molecule has 1 aliphatic carbocycles. The van der Waals surface area contributed by atoms with Crippen LogP contribution in [0.1, 0.15) is 50.7 Å². The summed E-state index contributed by atoms with van der Waals surface area (Å²) in [5.41, 5.74) is 1.02. The number of aliphatic hydroxyl groups is 1. The van der Waals surface area contributed by atoms with Crippen LogP contribution in [0.25, 0.3) is 10.8 Å². The van der Waals surface area contributed by atoms with Crippen LogP contribution in [0.3, 0.4) is 0 Å². The monoisotopic (exact) mass is 288 g/mol. The molecule has 0 heterocycles. The molecule has 0 spiro atoms. The molecular weight excluding hydrogens is 268 g/mol. The maximum Gasteiger partial charge on any atom is 0.0849 e. The van der Waals surface area contributed by atoms with Gasteiger partial charge in [0.1, 0.15) is 0 Å². The first-order chi connectivity index (χ1) is 9.62. The highest BCUT2D eigenvalue weighted by atomic mass is 35.5. The molecule has 0 saturated heterocycles. The van der Waals surface area contributed by atoms with Gasteiger partial charge < -0.3 is 5.11 Å². The van der Waals surface area contributed by atoms with Gasteiger partial charge in [-0.25, -0.2) is 0 Å². The van der Waals surface area contributed by atoms with Gasteiger partial charge in [0, 0.05) is 10.4 Å². The number of hydrogen-bond acceptors (Lipinski definition) is 1. The Hall–Kier alpha value is -1.05. The topological polar surface area (TPSA) is 20.2 Å². The van der Waals surface area contributed by atoms with Crippen molar-refractivity contribution in [1.82, 2.24) is 0 Å². The summed E-state index contributed by atoms with van der Waals surface area (Å²) in [5, 5.41) is 13.8. The summed E-state index contributed by atoms with van der Waals surface area (Å²) in [7, 11) is 0. The van der Waals surface area contributed by atoms with Gasteiger partial charge in [0.05, 0.1) is 6.10 Å². The van der Waals surface area contributed by atoms with Crippen LogP contribution in [-0.2, 0) is 0 Å². The number of halogens is 1. The lowest BCUT2D eigenvalue weighted by Crippen LogP contribution is -2.28. The first-order valence-electron chi connectivity index (χ1n) is 7.47. The third-order valence-electron chi connectivity index (χ3n) is 4.86. The van der Waals surface area contributed by atoms with E-state index in [0.29, 0.717) is 0 Å². The van der Waals surface area contributed by atoms with Crippen molar-refractivity contribution in [3.63, 3.8) is 0 Å². The molecule has 0 amide bonds. The molecule has 3 rings (SSSR count). The number of fused-ring (bicyclic) bond motifs is 1. The molecule has 2 aromatic carbocycles. The normalized spacial score (nSPS) is 19.9. The molecule has 1 atom stereocenters. The predicted octanol–water partition coefficient (Wildman–Crippen LogP) is 5.50. The Labute approximate surface area is 125 Å². The highest BCUT2D eigenvalue weighted by Crippen LogP contribution is 2.47. The Balaban J connectivity index is 2.08. The molecule has 0 bridgehead atoms. The third-order valence-corrected chi connectivity index (χ3v) is 5.18. The summed E-state index contributed by atoms with van der Waals surface area (Å²) in [5.74, 6) is 0. The van der Waals surface area contributed by atoms with E-state index in [-0.39, 0.29) is 5.41 Å². The Bertz CT molecular complexity index is 614. The highest BCUT2D eigenvalue weighted by Gasteiger charge is 2.35. The Morgan fingerprint density at radius 3 is 2.35 bits per heavy atom. The van der Waals surface area contributed by atoms with E-state index in [1.807, 2.05) is 30.3 Å². The minimum absolute atomic E-state index is 0.00511. The fourth-order valence-corrected chi connectivity index (χ4v) is 3.76. The van der Waals surface area contributed by atoms with E-state index < -0.39 is 6.10 Å². The highest BCUT2D eigenvalue weighted by molar-refractivity contribution is 6.35. The molecule has 1 fully saturated rings. The quantitative estimate of drug-likeness (QED) is 0.774. The van der Waals surface area contributed by atoms with E-state index in [9.17, 15) is 5.11 Å². The smallest absolute Gasteiger partial charge is 0.0849 e. The van der Waals surface area contributed by atoms with E-state index in [1.165, 1.54) is 19.3 Å². The maximum atomic E-state index is 11.0. The van der Waals surface area contributed by atoms with Crippen molar-refractivity contribution >= 4 is 22.4 Å². The molecule has 0 aromatic heterocycles. The SMILES string of the molecule is CC1(C(O)c2ccc(Cl)c3ccccc23)CCCCC1. The molecule has 1 nitrogen and oxygen atoms in total. The maximum absolute atomic E-state index is 11.0. The van der Waals surface area contributed by atoms with Crippen molar-refractivity contribution in [3.05, 3.63) is 47.0 Å². The van der Waals surface area contributed by atoms with Crippen molar-refractivity contribution in [2.45, 2.75) is 45.1 Å².